The van der Waals surface area contributed by atoms with Crippen LogP contribution in [0.4, 0.5) is 0 Å². The number of carbonyl (C=O) groups excluding carboxylic acids is 1. The maximum absolute atomic E-state index is 9.38. The highest BCUT2D eigenvalue weighted by Crippen LogP contribution is 2.11. The molecular formula is C4H3Br2O2. The number of hydrogen-bond donors (Lipinski definition) is 0. The summed E-state index contributed by atoms with van der Waals surface area (Å²) >= 11 is 6.15. The molecule has 0 aliphatic rings. The van der Waals surface area contributed by atoms with Gasteiger partial charge in [0.25, 0.3) is 0 Å². The molecule has 0 saturated carbocycles. The first-order valence-electron chi connectivity index (χ1n) is 1.77. The molecule has 0 saturated heterocycles. The quantitative estimate of drug-likeness (QED) is 0.705. The van der Waals surface area contributed by atoms with Crippen LogP contribution in [0, 0.1) is 0 Å². The summed E-state index contributed by atoms with van der Waals surface area (Å²) in [5.74, 6) is 0. The van der Waals surface area contributed by atoms with Crippen LogP contribution in [0.25, 0.3) is 0 Å². The Morgan fingerprint density at radius 3 is 2.75 bits per heavy atom. The molecule has 0 aliphatic carbocycles. The van der Waals surface area contributed by atoms with Crippen molar-refractivity contribution in [2.75, 3.05) is 6.61 Å². The Bertz CT molecular complexity index is 96.2. The van der Waals surface area contributed by atoms with Crippen LogP contribution in [0.5, 0.6) is 0 Å². The van der Waals surface area contributed by atoms with E-state index in [1.54, 1.807) is 6.08 Å². The van der Waals surface area contributed by atoms with Gasteiger partial charge in [0.1, 0.15) is 6.61 Å². The van der Waals surface area contributed by atoms with Gasteiger partial charge in [0.2, 0.25) is 0 Å². The highest BCUT2D eigenvalue weighted by Gasteiger charge is 1.80. The van der Waals surface area contributed by atoms with E-state index in [2.05, 4.69) is 36.6 Å². The summed E-state index contributed by atoms with van der Waals surface area (Å²) in [6, 6.07) is 0. The lowest BCUT2D eigenvalue weighted by atomic mass is 10.7. The van der Waals surface area contributed by atoms with Gasteiger partial charge in [0.15, 0.2) is 0 Å². The highest BCUT2D eigenvalue weighted by atomic mass is 79.9. The van der Waals surface area contributed by atoms with E-state index in [0.717, 1.165) is 3.39 Å². The van der Waals surface area contributed by atoms with E-state index in [1.165, 1.54) is 6.47 Å². The molecule has 0 N–H and O–H groups in total. The first kappa shape index (κ1) is 8.17. The molecule has 0 aromatic heterocycles. The SMILES string of the molecule is O=[C]OCC=C(Br)Br. The summed E-state index contributed by atoms with van der Waals surface area (Å²) in [6.45, 7) is 1.53. The predicted molar refractivity (Wildman–Crippen MR) is 37.6 cm³/mol. The van der Waals surface area contributed by atoms with Gasteiger partial charge in [-0.25, -0.2) is 4.79 Å². The molecule has 0 aromatic carbocycles. The van der Waals surface area contributed by atoms with Crippen molar-refractivity contribution in [1.29, 1.82) is 0 Å². The normalized spacial score (nSPS) is 7.75. The van der Waals surface area contributed by atoms with E-state index < -0.39 is 0 Å². The van der Waals surface area contributed by atoms with Crippen LogP contribution < -0.4 is 0 Å². The van der Waals surface area contributed by atoms with Gasteiger partial charge in [-0.1, -0.05) is 0 Å². The molecule has 0 rings (SSSR count). The van der Waals surface area contributed by atoms with Crippen LogP contribution in [0.2, 0.25) is 0 Å². The fraction of sp³-hybridized carbons (Fsp3) is 0.250. The topological polar surface area (TPSA) is 26.3 Å². The molecule has 2 nitrogen and oxygen atoms in total. The molecule has 0 aliphatic heterocycles. The average Bonchev–Trinajstić information content (AvgIpc) is 1.66. The molecule has 0 atom stereocenters. The van der Waals surface area contributed by atoms with Gasteiger partial charge in [0, 0.05) is 0 Å². The summed E-state index contributed by atoms with van der Waals surface area (Å²) in [5, 5.41) is 0. The van der Waals surface area contributed by atoms with Gasteiger partial charge in [-0.3, -0.25) is 0 Å². The third-order valence-electron chi connectivity index (χ3n) is 0.380. The molecule has 8 heavy (non-hydrogen) atoms. The molecule has 0 spiro atoms. The lowest BCUT2D eigenvalue weighted by Crippen LogP contribution is -1.84. The second-order valence-electron chi connectivity index (χ2n) is 0.888. The van der Waals surface area contributed by atoms with Crippen molar-refractivity contribution in [1.82, 2.24) is 0 Å². The predicted octanol–water partition coefficient (Wildman–Crippen LogP) is 1.70. The van der Waals surface area contributed by atoms with Crippen molar-refractivity contribution in [2.45, 2.75) is 0 Å². The largest absolute Gasteiger partial charge is 0.453 e. The zero-order valence-electron chi connectivity index (χ0n) is 3.86. The highest BCUT2D eigenvalue weighted by molar-refractivity contribution is 9.28. The van der Waals surface area contributed by atoms with Crippen LogP contribution in [0.1, 0.15) is 0 Å². The summed E-state index contributed by atoms with van der Waals surface area (Å²) < 4.78 is 4.97. The van der Waals surface area contributed by atoms with Crippen molar-refractivity contribution < 1.29 is 9.53 Å². The first-order valence-corrected chi connectivity index (χ1v) is 3.36. The minimum Gasteiger partial charge on any atom is -0.453 e. The summed E-state index contributed by atoms with van der Waals surface area (Å²) in [5.41, 5.74) is 0. The van der Waals surface area contributed by atoms with E-state index in [0.29, 0.717) is 0 Å². The third-order valence-corrected chi connectivity index (χ3v) is 1.03. The van der Waals surface area contributed by atoms with E-state index in [-0.39, 0.29) is 6.61 Å². The second kappa shape index (κ2) is 5.31. The Kier molecular flexibility index (Phi) is 5.42. The van der Waals surface area contributed by atoms with Crippen molar-refractivity contribution in [2.24, 2.45) is 0 Å². The van der Waals surface area contributed by atoms with Crippen molar-refractivity contribution in [3.05, 3.63) is 9.47 Å². The number of ether oxygens (including phenoxy) is 1. The van der Waals surface area contributed by atoms with Crippen LogP contribution >= 0.6 is 31.9 Å². The van der Waals surface area contributed by atoms with E-state index >= 15 is 0 Å². The van der Waals surface area contributed by atoms with E-state index in [4.69, 9.17) is 0 Å². The van der Waals surface area contributed by atoms with Crippen molar-refractivity contribution >= 4 is 38.3 Å². The molecular weight excluding hydrogens is 240 g/mol. The molecule has 0 amide bonds. The summed E-state index contributed by atoms with van der Waals surface area (Å²) in [4.78, 5) is 9.38. The van der Waals surface area contributed by atoms with E-state index in [9.17, 15) is 4.79 Å². The molecule has 0 heterocycles. The second-order valence-corrected chi connectivity index (χ2v) is 3.66. The zero-order valence-corrected chi connectivity index (χ0v) is 7.03. The Morgan fingerprint density at radius 2 is 2.38 bits per heavy atom. The van der Waals surface area contributed by atoms with Crippen LogP contribution in [0.15, 0.2) is 9.47 Å². The number of rotatable bonds is 3. The molecule has 4 heteroatoms. The van der Waals surface area contributed by atoms with Gasteiger partial charge in [-0.15, -0.1) is 0 Å². The smallest absolute Gasteiger partial charge is 0.417 e. The fourth-order valence-electron chi connectivity index (χ4n) is 0.139. The lowest BCUT2D eigenvalue weighted by molar-refractivity contribution is 0.314. The molecule has 1 radical (unpaired) electrons. The summed E-state index contributed by atoms with van der Waals surface area (Å²) in [6.07, 6.45) is 1.64. The van der Waals surface area contributed by atoms with Crippen LogP contribution in [0.3, 0.4) is 0 Å². The van der Waals surface area contributed by atoms with Gasteiger partial charge in [-0.05, 0) is 37.9 Å². The molecule has 45 valence electrons. The van der Waals surface area contributed by atoms with Crippen molar-refractivity contribution in [3.63, 3.8) is 0 Å². The average molecular weight is 243 g/mol. The Morgan fingerprint density at radius 1 is 1.75 bits per heavy atom. The number of hydrogen-bond acceptors (Lipinski definition) is 2. The minimum absolute atomic E-state index is 0.245. The lowest BCUT2D eigenvalue weighted by Gasteiger charge is -1.85. The van der Waals surface area contributed by atoms with Crippen molar-refractivity contribution in [3.8, 4) is 0 Å². The molecule has 0 unspecified atom stereocenters. The van der Waals surface area contributed by atoms with Crippen LogP contribution in [-0.4, -0.2) is 13.1 Å². The van der Waals surface area contributed by atoms with E-state index in [1.807, 2.05) is 0 Å². The maximum Gasteiger partial charge on any atom is 0.417 e. The monoisotopic (exact) mass is 241 g/mol. The Hall–Kier alpha value is 0.170. The Balaban J connectivity index is 3.15. The fourth-order valence-corrected chi connectivity index (χ4v) is 0.403. The molecule has 0 fully saturated rings. The maximum atomic E-state index is 9.38. The standard InChI is InChI=1S/C4H3Br2O2/c5-4(6)1-2-8-3-7/h1H,2H2. The third kappa shape index (κ3) is 6.17. The molecule has 0 aromatic rings. The summed E-state index contributed by atoms with van der Waals surface area (Å²) in [7, 11) is 0. The van der Waals surface area contributed by atoms with Gasteiger partial charge >= 0.3 is 6.47 Å². The minimum atomic E-state index is 0.245. The van der Waals surface area contributed by atoms with Gasteiger partial charge in [-0.2, -0.15) is 0 Å². The molecule has 0 bridgehead atoms. The van der Waals surface area contributed by atoms with Crippen LogP contribution in [-0.2, 0) is 9.53 Å². The first-order chi connectivity index (χ1) is 3.77. The number of halogens is 2. The zero-order chi connectivity index (χ0) is 6.41. The Labute approximate surface area is 64.2 Å². The van der Waals surface area contributed by atoms with Gasteiger partial charge in [0.05, 0.1) is 3.39 Å². The van der Waals surface area contributed by atoms with Gasteiger partial charge < -0.3 is 4.74 Å².